The standard InChI is InChI=1S/C6H8BCl2O2/c1-5(8)3-10-7-11-4-6(2)9/h1-4H2. The molecule has 0 unspecified atom stereocenters. The summed E-state index contributed by atoms with van der Waals surface area (Å²) in [5, 5.41) is 0.823. The summed E-state index contributed by atoms with van der Waals surface area (Å²) in [5.41, 5.74) is 0. The van der Waals surface area contributed by atoms with E-state index in [0.717, 1.165) is 7.69 Å². The molecule has 5 heteroatoms. The monoisotopic (exact) mass is 193 g/mol. The van der Waals surface area contributed by atoms with E-state index in [9.17, 15) is 0 Å². The molecule has 0 saturated carbocycles. The van der Waals surface area contributed by atoms with Crippen LogP contribution in [-0.4, -0.2) is 20.9 Å². The minimum absolute atomic E-state index is 0.232. The maximum atomic E-state index is 5.38. The SMILES string of the molecule is C=C(Cl)CO[B]OCC(=C)Cl. The summed E-state index contributed by atoms with van der Waals surface area (Å²) >= 11 is 10.8. The number of hydrogen-bond acceptors (Lipinski definition) is 2. The molecule has 0 saturated heterocycles. The smallest absolute Gasteiger partial charge is 0.408 e. The van der Waals surface area contributed by atoms with Crippen LogP contribution in [0.2, 0.25) is 0 Å². The minimum atomic E-state index is 0.232. The average molecular weight is 194 g/mol. The van der Waals surface area contributed by atoms with E-state index >= 15 is 0 Å². The topological polar surface area (TPSA) is 18.5 Å². The Kier molecular flexibility index (Phi) is 6.76. The van der Waals surface area contributed by atoms with Gasteiger partial charge in [-0.15, -0.1) is 0 Å². The number of rotatable bonds is 6. The molecule has 0 aromatic heterocycles. The van der Waals surface area contributed by atoms with Gasteiger partial charge < -0.3 is 9.31 Å². The third kappa shape index (κ3) is 10.0. The Morgan fingerprint density at radius 1 is 1.09 bits per heavy atom. The quantitative estimate of drug-likeness (QED) is 0.475. The Hall–Kier alpha value is 0.0449. The van der Waals surface area contributed by atoms with Gasteiger partial charge in [-0.2, -0.15) is 0 Å². The fourth-order valence-electron chi connectivity index (χ4n) is 0.297. The second kappa shape index (κ2) is 6.74. The molecular weight excluding hydrogens is 186 g/mol. The van der Waals surface area contributed by atoms with E-state index in [0.29, 0.717) is 10.1 Å². The van der Waals surface area contributed by atoms with Gasteiger partial charge in [0, 0.05) is 10.1 Å². The zero-order valence-corrected chi connectivity index (χ0v) is 7.49. The molecular formula is C6H8BCl2O2. The van der Waals surface area contributed by atoms with Gasteiger partial charge in [0.15, 0.2) is 0 Å². The van der Waals surface area contributed by atoms with Crippen LogP contribution in [0.5, 0.6) is 0 Å². The van der Waals surface area contributed by atoms with Crippen molar-refractivity contribution in [2.75, 3.05) is 13.2 Å². The molecule has 0 spiro atoms. The second-order valence-electron chi connectivity index (χ2n) is 1.75. The summed E-state index contributed by atoms with van der Waals surface area (Å²) in [6, 6.07) is 0. The van der Waals surface area contributed by atoms with Gasteiger partial charge in [0.2, 0.25) is 0 Å². The van der Waals surface area contributed by atoms with Gasteiger partial charge in [-0.3, -0.25) is 0 Å². The number of halogens is 2. The summed E-state index contributed by atoms with van der Waals surface area (Å²) in [7, 11) is 1.15. The van der Waals surface area contributed by atoms with Crippen LogP contribution in [0, 0.1) is 0 Å². The highest BCUT2D eigenvalue weighted by Crippen LogP contribution is 1.97. The van der Waals surface area contributed by atoms with E-state index in [1.165, 1.54) is 0 Å². The molecule has 0 amide bonds. The molecule has 0 fully saturated rings. The largest absolute Gasteiger partial charge is 0.488 e. The zero-order valence-electron chi connectivity index (χ0n) is 5.98. The first-order valence-corrected chi connectivity index (χ1v) is 3.60. The molecule has 0 N–H and O–H groups in total. The van der Waals surface area contributed by atoms with Crippen LogP contribution in [0.15, 0.2) is 23.2 Å². The number of hydrogen-bond donors (Lipinski definition) is 0. The minimum Gasteiger partial charge on any atom is -0.408 e. The molecule has 0 aliphatic rings. The average Bonchev–Trinajstić information content (AvgIpc) is 1.85. The Bertz CT molecular complexity index is 134. The van der Waals surface area contributed by atoms with E-state index < -0.39 is 0 Å². The van der Waals surface area contributed by atoms with Crippen LogP contribution in [0.3, 0.4) is 0 Å². The molecule has 0 aliphatic carbocycles. The van der Waals surface area contributed by atoms with Gasteiger partial charge in [0.25, 0.3) is 0 Å². The van der Waals surface area contributed by atoms with Crippen molar-refractivity contribution in [1.82, 2.24) is 0 Å². The first-order valence-electron chi connectivity index (χ1n) is 2.84. The highest BCUT2D eigenvalue weighted by Gasteiger charge is 1.95. The first-order chi connectivity index (χ1) is 5.13. The summed E-state index contributed by atoms with van der Waals surface area (Å²) < 4.78 is 9.53. The van der Waals surface area contributed by atoms with Gasteiger partial charge in [-0.25, -0.2) is 0 Å². The van der Waals surface area contributed by atoms with Crippen molar-refractivity contribution in [2.45, 2.75) is 0 Å². The molecule has 0 aromatic carbocycles. The van der Waals surface area contributed by atoms with Crippen LogP contribution in [0.25, 0.3) is 0 Å². The lowest BCUT2D eigenvalue weighted by Gasteiger charge is -2.00. The van der Waals surface area contributed by atoms with Crippen molar-refractivity contribution < 1.29 is 9.31 Å². The predicted octanol–water partition coefficient (Wildman–Crippen LogP) is 2.06. The first kappa shape index (κ1) is 11.0. The van der Waals surface area contributed by atoms with E-state index in [4.69, 9.17) is 32.5 Å². The van der Waals surface area contributed by atoms with Crippen molar-refractivity contribution in [3.05, 3.63) is 23.2 Å². The fraction of sp³-hybridized carbons (Fsp3) is 0.333. The van der Waals surface area contributed by atoms with Crippen LogP contribution in [0.4, 0.5) is 0 Å². The van der Waals surface area contributed by atoms with Crippen molar-refractivity contribution in [3.8, 4) is 0 Å². The third-order valence-electron chi connectivity index (χ3n) is 0.616. The van der Waals surface area contributed by atoms with Crippen LogP contribution < -0.4 is 0 Å². The van der Waals surface area contributed by atoms with Gasteiger partial charge in [0.1, 0.15) is 0 Å². The molecule has 11 heavy (non-hydrogen) atoms. The molecule has 61 valence electrons. The zero-order chi connectivity index (χ0) is 8.69. The third-order valence-corrected chi connectivity index (χ3v) is 0.834. The molecule has 1 radical (unpaired) electrons. The summed E-state index contributed by atoms with van der Waals surface area (Å²) in [6.45, 7) is 7.28. The Labute approximate surface area is 77.1 Å². The van der Waals surface area contributed by atoms with Gasteiger partial charge in [-0.1, -0.05) is 36.4 Å². The highest BCUT2D eigenvalue weighted by molar-refractivity contribution is 6.30. The molecule has 0 aromatic rings. The van der Waals surface area contributed by atoms with E-state index in [-0.39, 0.29) is 13.2 Å². The van der Waals surface area contributed by atoms with E-state index in [2.05, 4.69) is 13.2 Å². The Morgan fingerprint density at radius 2 is 1.45 bits per heavy atom. The molecule has 0 atom stereocenters. The molecule has 2 nitrogen and oxygen atoms in total. The lowest BCUT2D eigenvalue weighted by atomic mass is 10.4. The predicted molar refractivity (Wildman–Crippen MR) is 47.6 cm³/mol. The molecule has 0 bridgehead atoms. The van der Waals surface area contributed by atoms with Crippen molar-refractivity contribution in [2.24, 2.45) is 0 Å². The summed E-state index contributed by atoms with van der Waals surface area (Å²) in [6.07, 6.45) is 0. The Balaban J connectivity index is 3.03. The normalized spacial score (nSPS) is 9.27. The van der Waals surface area contributed by atoms with Crippen molar-refractivity contribution in [1.29, 1.82) is 0 Å². The maximum Gasteiger partial charge on any atom is 0.488 e. The van der Waals surface area contributed by atoms with E-state index in [1.54, 1.807) is 0 Å². The Morgan fingerprint density at radius 3 is 1.73 bits per heavy atom. The van der Waals surface area contributed by atoms with Gasteiger partial charge >= 0.3 is 7.69 Å². The summed E-state index contributed by atoms with van der Waals surface area (Å²) in [4.78, 5) is 0. The van der Waals surface area contributed by atoms with Gasteiger partial charge in [0.05, 0.1) is 13.2 Å². The van der Waals surface area contributed by atoms with Crippen molar-refractivity contribution in [3.63, 3.8) is 0 Å². The lowest BCUT2D eigenvalue weighted by molar-refractivity contribution is 0.258. The van der Waals surface area contributed by atoms with Crippen molar-refractivity contribution >= 4 is 30.9 Å². The molecule has 0 heterocycles. The van der Waals surface area contributed by atoms with Gasteiger partial charge in [-0.05, 0) is 0 Å². The second-order valence-corrected chi connectivity index (χ2v) is 2.82. The van der Waals surface area contributed by atoms with Crippen LogP contribution >= 0.6 is 23.2 Å². The van der Waals surface area contributed by atoms with Crippen LogP contribution in [0.1, 0.15) is 0 Å². The molecule has 0 rings (SSSR count). The fourth-order valence-corrected chi connectivity index (χ4v) is 0.423. The highest BCUT2D eigenvalue weighted by atomic mass is 35.5. The van der Waals surface area contributed by atoms with Crippen LogP contribution in [-0.2, 0) is 9.31 Å². The maximum absolute atomic E-state index is 5.38. The lowest BCUT2D eigenvalue weighted by Crippen LogP contribution is -2.06. The van der Waals surface area contributed by atoms with E-state index in [1.807, 2.05) is 0 Å². The summed E-state index contributed by atoms with van der Waals surface area (Å²) in [5.74, 6) is 0. The molecule has 0 aliphatic heterocycles.